The molecule has 0 radical (unpaired) electrons. The molecule has 0 amide bonds. The van der Waals surface area contributed by atoms with Crippen LogP contribution in [0.3, 0.4) is 0 Å². The van der Waals surface area contributed by atoms with Gasteiger partial charge in [0.25, 0.3) is 0 Å². The second-order valence-electron chi connectivity index (χ2n) is 6.22. The number of hydrogen-bond acceptors (Lipinski definition) is 3. The summed E-state index contributed by atoms with van der Waals surface area (Å²) >= 11 is 0. The topological polar surface area (TPSA) is 41.3 Å². The van der Waals surface area contributed by atoms with E-state index in [-0.39, 0.29) is 5.88 Å². The predicted molar refractivity (Wildman–Crippen MR) is 90.7 cm³/mol. The molecule has 23 heavy (non-hydrogen) atoms. The zero-order valence-corrected chi connectivity index (χ0v) is 13.2. The molecule has 0 bridgehead atoms. The van der Waals surface area contributed by atoms with Crippen molar-refractivity contribution in [2.24, 2.45) is 0 Å². The Morgan fingerprint density at radius 1 is 1.13 bits per heavy atom. The van der Waals surface area contributed by atoms with Gasteiger partial charge in [-0.1, -0.05) is 36.4 Å². The maximum atomic E-state index is 10.6. The van der Waals surface area contributed by atoms with E-state index in [1.807, 2.05) is 30.3 Å². The molecule has 2 heterocycles. The van der Waals surface area contributed by atoms with Crippen molar-refractivity contribution in [3.05, 3.63) is 65.4 Å². The summed E-state index contributed by atoms with van der Waals surface area (Å²) in [5.74, 6) is 0.282. The molecule has 0 unspecified atom stereocenters. The summed E-state index contributed by atoms with van der Waals surface area (Å²) in [6.45, 7) is 2.70. The minimum atomic E-state index is 0.282. The molecule has 1 aromatic carbocycles. The van der Waals surface area contributed by atoms with E-state index in [2.05, 4.69) is 28.2 Å². The van der Waals surface area contributed by atoms with E-state index in [1.54, 1.807) is 4.68 Å². The summed E-state index contributed by atoms with van der Waals surface area (Å²) in [5, 5.41) is 15.2. The number of allylic oxidation sites excluding steroid dienone is 2. The van der Waals surface area contributed by atoms with E-state index < -0.39 is 0 Å². The minimum absolute atomic E-state index is 0.282. The highest BCUT2D eigenvalue weighted by Crippen LogP contribution is 2.30. The molecule has 4 rings (SSSR count). The van der Waals surface area contributed by atoms with Crippen LogP contribution in [0.5, 0.6) is 5.88 Å². The number of rotatable bonds is 3. The lowest BCUT2D eigenvalue weighted by Gasteiger charge is -2.26. The van der Waals surface area contributed by atoms with E-state index in [0.29, 0.717) is 0 Å². The van der Waals surface area contributed by atoms with Crippen molar-refractivity contribution >= 4 is 0 Å². The van der Waals surface area contributed by atoms with Crippen LogP contribution in [-0.2, 0) is 13.0 Å². The highest BCUT2D eigenvalue weighted by molar-refractivity contribution is 5.41. The number of hydrogen-bond donors (Lipinski definition) is 1. The van der Waals surface area contributed by atoms with Crippen LogP contribution in [0.25, 0.3) is 5.69 Å². The zero-order valence-electron chi connectivity index (χ0n) is 13.2. The average molecular weight is 307 g/mol. The lowest BCUT2D eigenvalue weighted by atomic mass is 10.0. The van der Waals surface area contributed by atoms with Gasteiger partial charge in [-0.25, -0.2) is 4.68 Å². The first-order valence-corrected chi connectivity index (χ1v) is 8.24. The van der Waals surface area contributed by atoms with Crippen LogP contribution in [0.4, 0.5) is 0 Å². The van der Waals surface area contributed by atoms with Crippen molar-refractivity contribution in [2.45, 2.75) is 25.8 Å². The van der Waals surface area contributed by atoms with E-state index in [9.17, 15) is 5.11 Å². The molecule has 0 saturated carbocycles. The predicted octanol–water partition coefficient (Wildman–Crippen LogP) is 3.21. The molecular formula is C19H21N3O. The van der Waals surface area contributed by atoms with Crippen LogP contribution < -0.4 is 0 Å². The second kappa shape index (κ2) is 6.05. The summed E-state index contributed by atoms with van der Waals surface area (Å²) in [6, 6.07) is 9.82. The Morgan fingerprint density at radius 3 is 2.78 bits per heavy atom. The molecule has 0 fully saturated rings. The maximum Gasteiger partial charge on any atom is 0.219 e. The first kappa shape index (κ1) is 14.3. The molecule has 118 valence electrons. The molecule has 1 N–H and O–H groups in total. The van der Waals surface area contributed by atoms with Crippen LogP contribution in [-0.4, -0.2) is 32.9 Å². The summed E-state index contributed by atoms with van der Waals surface area (Å²) in [4.78, 5) is 2.39. The number of benzene rings is 1. The van der Waals surface area contributed by atoms with Gasteiger partial charge in [-0.2, -0.15) is 5.10 Å². The van der Waals surface area contributed by atoms with Crippen molar-refractivity contribution in [1.29, 1.82) is 0 Å². The third kappa shape index (κ3) is 2.82. The zero-order chi connectivity index (χ0) is 15.6. The Labute approximate surface area is 136 Å². The minimum Gasteiger partial charge on any atom is -0.493 e. The normalized spacial score (nSPS) is 17.8. The standard InChI is InChI=1S/C19H21N3O/c23-19-17-14-21(13-15-7-3-1-4-8-15)12-11-18(17)20-22(19)16-9-5-2-6-10-16/h2-3,5-10,23H,1,4,11-14H2. The van der Waals surface area contributed by atoms with Gasteiger partial charge in [0.1, 0.15) is 0 Å². The Morgan fingerprint density at radius 2 is 2.00 bits per heavy atom. The summed E-state index contributed by atoms with van der Waals surface area (Å²) in [6.07, 6.45) is 9.98. The molecule has 1 aliphatic heterocycles. The molecule has 4 heteroatoms. The Balaban J connectivity index is 1.56. The van der Waals surface area contributed by atoms with Crippen LogP contribution in [0.2, 0.25) is 0 Å². The fourth-order valence-corrected chi connectivity index (χ4v) is 3.34. The van der Waals surface area contributed by atoms with Gasteiger partial charge in [-0.15, -0.1) is 0 Å². The molecule has 0 saturated heterocycles. The van der Waals surface area contributed by atoms with Gasteiger partial charge >= 0.3 is 0 Å². The summed E-state index contributed by atoms with van der Waals surface area (Å²) in [5.41, 5.74) is 4.29. The highest BCUT2D eigenvalue weighted by atomic mass is 16.3. The molecular weight excluding hydrogens is 286 g/mol. The number of fused-ring (bicyclic) bond motifs is 1. The van der Waals surface area contributed by atoms with Crippen LogP contribution in [0, 0.1) is 0 Å². The average Bonchev–Trinajstić information content (AvgIpc) is 2.93. The first-order chi connectivity index (χ1) is 11.3. The largest absolute Gasteiger partial charge is 0.493 e. The van der Waals surface area contributed by atoms with Gasteiger partial charge in [0.2, 0.25) is 5.88 Å². The molecule has 4 nitrogen and oxygen atoms in total. The molecule has 1 aromatic heterocycles. The quantitative estimate of drug-likeness (QED) is 0.946. The molecule has 1 aliphatic carbocycles. The van der Waals surface area contributed by atoms with Gasteiger partial charge in [-0.05, 0) is 30.5 Å². The Hall–Kier alpha value is -2.33. The SMILES string of the molecule is Oc1c2c(nn1-c1ccccc1)CCN(CC1=CCCC=C1)C2. The van der Waals surface area contributed by atoms with Crippen molar-refractivity contribution in [3.63, 3.8) is 0 Å². The number of nitrogens with zero attached hydrogens (tertiary/aromatic N) is 3. The number of para-hydroxylation sites is 1. The van der Waals surface area contributed by atoms with Crippen LogP contribution in [0.15, 0.2) is 54.1 Å². The maximum absolute atomic E-state index is 10.6. The van der Waals surface area contributed by atoms with E-state index in [4.69, 9.17) is 0 Å². The van der Waals surface area contributed by atoms with Crippen molar-refractivity contribution in [2.75, 3.05) is 13.1 Å². The highest BCUT2D eigenvalue weighted by Gasteiger charge is 2.25. The smallest absolute Gasteiger partial charge is 0.219 e. The fourth-order valence-electron chi connectivity index (χ4n) is 3.34. The summed E-state index contributed by atoms with van der Waals surface area (Å²) in [7, 11) is 0. The van der Waals surface area contributed by atoms with Crippen LogP contribution >= 0.6 is 0 Å². The Bertz CT molecular complexity index is 758. The van der Waals surface area contributed by atoms with Gasteiger partial charge < -0.3 is 5.11 Å². The number of aromatic hydroxyl groups is 1. The van der Waals surface area contributed by atoms with Gasteiger partial charge in [0.15, 0.2) is 0 Å². The van der Waals surface area contributed by atoms with Gasteiger partial charge in [0.05, 0.1) is 16.9 Å². The molecule has 2 aromatic rings. The monoisotopic (exact) mass is 307 g/mol. The molecule has 0 spiro atoms. The van der Waals surface area contributed by atoms with E-state index in [1.165, 1.54) is 5.57 Å². The lowest BCUT2D eigenvalue weighted by Crippen LogP contribution is -2.31. The number of aromatic nitrogens is 2. The first-order valence-electron chi connectivity index (χ1n) is 8.24. The van der Waals surface area contributed by atoms with E-state index in [0.717, 1.165) is 55.8 Å². The second-order valence-corrected chi connectivity index (χ2v) is 6.22. The molecule has 2 aliphatic rings. The van der Waals surface area contributed by atoms with Crippen molar-refractivity contribution in [3.8, 4) is 11.6 Å². The lowest BCUT2D eigenvalue weighted by molar-refractivity contribution is 0.271. The van der Waals surface area contributed by atoms with E-state index >= 15 is 0 Å². The Kier molecular flexibility index (Phi) is 3.75. The van der Waals surface area contributed by atoms with Crippen molar-refractivity contribution in [1.82, 2.24) is 14.7 Å². The van der Waals surface area contributed by atoms with Crippen LogP contribution in [0.1, 0.15) is 24.1 Å². The summed E-state index contributed by atoms with van der Waals surface area (Å²) < 4.78 is 1.66. The third-order valence-corrected chi connectivity index (χ3v) is 4.56. The van der Waals surface area contributed by atoms with Crippen molar-refractivity contribution < 1.29 is 5.11 Å². The van der Waals surface area contributed by atoms with Gasteiger partial charge in [-0.3, -0.25) is 4.90 Å². The van der Waals surface area contributed by atoms with Gasteiger partial charge in [0, 0.05) is 26.1 Å². The third-order valence-electron chi connectivity index (χ3n) is 4.56. The molecule has 0 atom stereocenters. The fraction of sp³-hybridized carbons (Fsp3) is 0.316.